The van der Waals surface area contributed by atoms with Gasteiger partial charge in [0, 0.05) is 24.7 Å². The molecule has 116 valence electrons. The Morgan fingerprint density at radius 1 is 1.48 bits per heavy atom. The van der Waals surface area contributed by atoms with Gasteiger partial charge in [0.15, 0.2) is 0 Å². The number of carbonyl (C=O) groups is 1. The van der Waals surface area contributed by atoms with E-state index in [9.17, 15) is 4.79 Å². The molecule has 1 aliphatic rings. The average Bonchev–Trinajstić information content (AvgIpc) is 2.46. The molecule has 2 N–H and O–H groups in total. The van der Waals surface area contributed by atoms with E-state index in [0.29, 0.717) is 11.5 Å². The summed E-state index contributed by atoms with van der Waals surface area (Å²) in [5.74, 6) is 1.23. The minimum atomic E-state index is 0.0783. The highest BCUT2D eigenvalue weighted by Crippen LogP contribution is 2.22. The molecule has 2 rings (SSSR count). The van der Waals surface area contributed by atoms with Crippen LogP contribution in [0.15, 0.2) is 24.3 Å². The first-order valence-corrected chi connectivity index (χ1v) is 7.82. The molecule has 0 aliphatic carbocycles. The summed E-state index contributed by atoms with van der Waals surface area (Å²) in [5, 5.41) is 0. The van der Waals surface area contributed by atoms with Crippen LogP contribution in [0.3, 0.4) is 0 Å². The van der Waals surface area contributed by atoms with Gasteiger partial charge in [-0.15, -0.1) is 0 Å². The first-order valence-electron chi connectivity index (χ1n) is 7.82. The summed E-state index contributed by atoms with van der Waals surface area (Å²) in [6, 6.07) is 7.66. The van der Waals surface area contributed by atoms with Crippen molar-refractivity contribution in [1.82, 2.24) is 4.90 Å². The summed E-state index contributed by atoms with van der Waals surface area (Å²) in [7, 11) is 0. The second-order valence-electron chi connectivity index (χ2n) is 6.07. The summed E-state index contributed by atoms with van der Waals surface area (Å²) in [6.45, 7) is 7.59. The fraction of sp³-hybridized carbons (Fsp3) is 0.588. The molecule has 1 amide bonds. The maximum Gasteiger partial charge on any atom is 0.253 e. The number of hydrogen-bond donors (Lipinski definition) is 1. The van der Waals surface area contributed by atoms with E-state index in [1.165, 1.54) is 0 Å². The molecule has 1 aliphatic heterocycles. The molecule has 1 aromatic carbocycles. The number of carbonyl (C=O) groups excluding carboxylic acids is 1. The maximum absolute atomic E-state index is 12.6. The largest absolute Gasteiger partial charge is 0.491 e. The van der Waals surface area contributed by atoms with E-state index in [4.69, 9.17) is 10.5 Å². The van der Waals surface area contributed by atoms with Crippen LogP contribution >= 0.6 is 0 Å². The SMILES string of the molecule is CCC1CN(C(=O)c2cccc(OC(C)C)c2)CCC1N. The van der Waals surface area contributed by atoms with Crippen molar-refractivity contribution in [3.8, 4) is 5.75 Å². The smallest absolute Gasteiger partial charge is 0.253 e. The molecule has 4 nitrogen and oxygen atoms in total. The third-order valence-corrected chi connectivity index (χ3v) is 4.06. The minimum Gasteiger partial charge on any atom is -0.491 e. The van der Waals surface area contributed by atoms with Gasteiger partial charge in [0.05, 0.1) is 6.10 Å². The van der Waals surface area contributed by atoms with Crippen LogP contribution in [0.4, 0.5) is 0 Å². The van der Waals surface area contributed by atoms with E-state index in [1.807, 2.05) is 43.0 Å². The summed E-state index contributed by atoms with van der Waals surface area (Å²) in [5.41, 5.74) is 6.80. The number of benzene rings is 1. The number of rotatable bonds is 4. The van der Waals surface area contributed by atoms with Gasteiger partial charge < -0.3 is 15.4 Å². The third kappa shape index (κ3) is 3.97. The lowest BCUT2D eigenvalue weighted by molar-refractivity contribution is 0.0648. The topological polar surface area (TPSA) is 55.6 Å². The average molecular weight is 290 g/mol. The van der Waals surface area contributed by atoms with Crippen molar-refractivity contribution < 1.29 is 9.53 Å². The Labute approximate surface area is 127 Å². The normalized spacial score (nSPS) is 22.4. The van der Waals surface area contributed by atoms with E-state index >= 15 is 0 Å². The standard InChI is InChI=1S/C17H26N2O2/c1-4-13-11-19(9-8-16(13)18)17(20)14-6-5-7-15(10-14)21-12(2)3/h5-7,10,12-13,16H,4,8-9,11,18H2,1-3H3. The Kier molecular flexibility index (Phi) is 5.23. The van der Waals surface area contributed by atoms with Gasteiger partial charge in [-0.2, -0.15) is 0 Å². The Bertz CT molecular complexity index is 487. The van der Waals surface area contributed by atoms with Crippen molar-refractivity contribution >= 4 is 5.91 Å². The number of hydrogen-bond acceptors (Lipinski definition) is 3. The van der Waals surface area contributed by atoms with Crippen LogP contribution in [0.2, 0.25) is 0 Å². The van der Waals surface area contributed by atoms with Crippen molar-refractivity contribution in [1.29, 1.82) is 0 Å². The lowest BCUT2D eigenvalue weighted by Crippen LogP contribution is -2.49. The molecule has 1 aromatic rings. The molecule has 4 heteroatoms. The molecule has 21 heavy (non-hydrogen) atoms. The van der Waals surface area contributed by atoms with Crippen LogP contribution in [0, 0.1) is 5.92 Å². The fourth-order valence-corrected chi connectivity index (χ4v) is 2.82. The zero-order valence-electron chi connectivity index (χ0n) is 13.2. The summed E-state index contributed by atoms with van der Waals surface area (Å²) < 4.78 is 5.66. The van der Waals surface area contributed by atoms with E-state index in [-0.39, 0.29) is 18.1 Å². The molecule has 0 saturated carbocycles. The first-order chi connectivity index (χ1) is 10.0. The Hall–Kier alpha value is -1.55. The van der Waals surface area contributed by atoms with Gasteiger partial charge in [-0.3, -0.25) is 4.79 Å². The highest BCUT2D eigenvalue weighted by Gasteiger charge is 2.28. The zero-order chi connectivity index (χ0) is 15.4. The molecule has 2 atom stereocenters. The van der Waals surface area contributed by atoms with Crippen LogP contribution in [-0.2, 0) is 0 Å². The zero-order valence-corrected chi connectivity index (χ0v) is 13.2. The number of nitrogens with zero attached hydrogens (tertiary/aromatic N) is 1. The third-order valence-electron chi connectivity index (χ3n) is 4.06. The van der Waals surface area contributed by atoms with Crippen molar-refractivity contribution in [3.63, 3.8) is 0 Å². The maximum atomic E-state index is 12.6. The summed E-state index contributed by atoms with van der Waals surface area (Å²) in [4.78, 5) is 14.6. The molecule has 1 fully saturated rings. The monoisotopic (exact) mass is 290 g/mol. The van der Waals surface area contributed by atoms with Gasteiger partial charge in [0.1, 0.15) is 5.75 Å². The molecule has 0 aromatic heterocycles. The molecule has 1 saturated heterocycles. The fourth-order valence-electron chi connectivity index (χ4n) is 2.82. The first kappa shape index (κ1) is 15.8. The van der Waals surface area contributed by atoms with Gasteiger partial charge in [-0.05, 0) is 44.4 Å². The molecule has 0 spiro atoms. The van der Waals surface area contributed by atoms with Gasteiger partial charge in [0.25, 0.3) is 5.91 Å². The molecule has 2 unspecified atom stereocenters. The Balaban J connectivity index is 2.09. The van der Waals surface area contributed by atoms with Gasteiger partial charge in [-0.1, -0.05) is 19.4 Å². The second kappa shape index (κ2) is 6.94. The number of piperidine rings is 1. The van der Waals surface area contributed by atoms with Gasteiger partial charge in [0.2, 0.25) is 0 Å². The lowest BCUT2D eigenvalue weighted by Gasteiger charge is -2.36. The van der Waals surface area contributed by atoms with Gasteiger partial charge in [-0.25, -0.2) is 0 Å². The number of ether oxygens (including phenoxy) is 1. The van der Waals surface area contributed by atoms with Crippen LogP contribution in [0.1, 0.15) is 44.0 Å². The van der Waals surface area contributed by atoms with Crippen LogP contribution < -0.4 is 10.5 Å². The Morgan fingerprint density at radius 3 is 2.90 bits per heavy atom. The van der Waals surface area contributed by atoms with Crippen LogP contribution in [-0.4, -0.2) is 36.0 Å². The highest BCUT2D eigenvalue weighted by molar-refractivity contribution is 5.94. The molecule has 1 heterocycles. The van der Waals surface area contributed by atoms with E-state index < -0.39 is 0 Å². The minimum absolute atomic E-state index is 0.0783. The number of amides is 1. The second-order valence-corrected chi connectivity index (χ2v) is 6.07. The van der Waals surface area contributed by atoms with E-state index in [2.05, 4.69) is 6.92 Å². The predicted molar refractivity (Wildman–Crippen MR) is 84.5 cm³/mol. The lowest BCUT2D eigenvalue weighted by atomic mass is 9.90. The van der Waals surface area contributed by atoms with Crippen molar-refractivity contribution in [3.05, 3.63) is 29.8 Å². The summed E-state index contributed by atoms with van der Waals surface area (Å²) in [6.07, 6.45) is 2.00. The number of nitrogens with two attached hydrogens (primary N) is 1. The molecule has 0 radical (unpaired) electrons. The van der Waals surface area contributed by atoms with Crippen molar-refractivity contribution in [2.24, 2.45) is 11.7 Å². The van der Waals surface area contributed by atoms with E-state index in [1.54, 1.807) is 0 Å². The summed E-state index contributed by atoms with van der Waals surface area (Å²) >= 11 is 0. The van der Waals surface area contributed by atoms with Crippen LogP contribution in [0.25, 0.3) is 0 Å². The van der Waals surface area contributed by atoms with E-state index in [0.717, 1.165) is 31.7 Å². The van der Waals surface area contributed by atoms with Gasteiger partial charge >= 0.3 is 0 Å². The quantitative estimate of drug-likeness (QED) is 0.927. The predicted octanol–water partition coefficient (Wildman–Crippen LogP) is 2.67. The van der Waals surface area contributed by atoms with Crippen LogP contribution in [0.5, 0.6) is 5.75 Å². The van der Waals surface area contributed by atoms with Crippen molar-refractivity contribution in [2.45, 2.75) is 45.8 Å². The molecular weight excluding hydrogens is 264 g/mol. The molecule has 0 bridgehead atoms. The molecular formula is C17H26N2O2. The number of likely N-dealkylation sites (tertiary alicyclic amines) is 1. The Morgan fingerprint density at radius 2 is 2.24 bits per heavy atom. The highest BCUT2D eigenvalue weighted by atomic mass is 16.5. The van der Waals surface area contributed by atoms with Crippen molar-refractivity contribution in [2.75, 3.05) is 13.1 Å².